The smallest absolute Gasteiger partial charge is 0.348 e. The van der Waals surface area contributed by atoms with Crippen LogP contribution >= 0.6 is 34.5 Å². The van der Waals surface area contributed by atoms with Crippen LogP contribution in [0.2, 0.25) is 10.0 Å². The molecule has 2 amide bonds. The predicted octanol–water partition coefficient (Wildman–Crippen LogP) is 7.06. The highest BCUT2D eigenvalue weighted by Crippen LogP contribution is 2.46. The number of alkyl halides is 3. The second-order valence-electron chi connectivity index (χ2n) is 10.5. The molecule has 41 heavy (non-hydrogen) atoms. The molecule has 0 saturated carbocycles. The summed E-state index contributed by atoms with van der Waals surface area (Å²) in [6.07, 6.45) is -0.206. The quantitative estimate of drug-likeness (QED) is 0.251. The van der Waals surface area contributed by atoms with Gasteiger partial charge >= 0.3 is 6.18 Å². The Hall–Kier alpha value is -2.59. The molecule has 11 heteroatoms. The third-order valence-corrected chi connectivity index (χ3v) is 9.77. The van der Waals surface area contributed by atoms with Crippen LogP contribution in [0.3, 0.4) is 0 Å². The van der Waals surface area contributed by atoms with Gasteiger partial charge in [0.1, 0.15) is 11.4 Å². The first-order chi connectivity index (χ1) is 19.6. The highest BCUT2D eigenvalue weighted by atomic mass is 35.5. The van der Waals surface area contributed by atoms with Gasteiger partial charge in [-0.05, 0) is 66.5 Å². The predicted molar refractivity (Wildman–Crippen MR) is 157 cm³/mol. The molecule has 1 unspecified atom stereocenters. The van der Waals surface area contributed by atoms with Crippen LogP contribution in [-0.4, -0.2) is 55.1 Å². The van der Waals surface area contributed by atoms with Crippen molar-refractivity contribution < 1.29 is 22.8 Å². The number of halogens is 5. The summed E-state index contributed by atoms with van der Waals surface area (Å²) in [4.78, 5) is 28.4. The van der Waals surface area contributed by atoms with E-state index in [-0.39, 0.29) is 11.9 Å². The van der Waals surface area contributed by atoms with E-state index in [1.807, 2.05) is 42.5 Å². The summed E-state index contributed by atoms with van der Waals surface area (Å²) in [7, 11) is 0. The van der Waals surface area contributed by atoms with Crippen molar-refractivity contribution in [2.75, 3.05) is 26.2 Å². The van der Waals surface area contributed by atoms with E-state index < -0.39 is 24.5 Å². The molecule has 1 aromatic heterocycles. The minimum atomic E-state index is -4.47. The van der Waals surface area contributed by atoms with E-state index >= 15 is 0 Å². The van der Waals surface area contributed by atoms with E-state index in [0.29, 0.717) is 14.9 Å². The van der Waals surface area contributed by atoms with E-state index in [9.17, 15) is 22.8 Å². The molecule has 1 atom stereocenters. The van der Waals surface area contributed by atoms with Crippen molar-refractivity contribution >= 4 is 46.4 Å². The molecule has 0 radical (unpaired) electrons. The van der Waals surface area contributed by atoms with E-state index in [4.69, 9.17) is 23.2 Å². The van der Waals surface area contributed by atoms with Crippen molar-refractivity contribution in [3.63, 3.8) is 0 Å². The number of amides is 2. The van der Waals surface area contributed by atoms with Crippen molar-refractivity contribution in [3.05, 3.63) is 79.5 Å². The van der Waals surface area contributed by atoms with Gasteiger partial charge in [-0.25, -0.2) is 0 Å². The number of hydrogen-bond donors (Lipinski definition) is 2. The summed E-state index contributed by atoms with van der Waals surface area (Å²) in [5, 5.41) is 7.52. The van der Waals surface area contributed by atoms with Crippen LogP contribution in [-0.2, 0) is 11.2 Å². The molecular weight excluding hydrogens is 594 g/mol. The van der Waals surface area contributed by atoms with Gasteiger partial charge in [0.25, 0.3) is 5.91 Å². The van der Waals surface area contributed by atoms with E-state index in [1.165, 1.54) is 11.3 Å². The van der Waals surface area contributed by atoms with Gasteiger partial charge in [0.05, 0.1) is 16.0 Å². The van der Waals surface area contributed by atoms with Crippen molar-refractivity contribution in [2.45, 2.75) is 50.2 Å². The molecule has 2 N–H and O–H groups in total. The molecule has 2 aromatic carbocycles. The highest BCUT2D eigenvalue weighted by molar-refractivity contribution is 7.13. The topological polar surface area (TPSA) is 61.4 Å². The highest BCUT2D eigenvalue weighted by Gasteiger charge is 2.37. The molecule has 1 aliphatic carbocycles. The number of nitrogens with one attached hydrogen (secondary N) is 2. The Bertz CT molecular complexity index is 1420. The zero-order valence-corrected chi connectivity index (χ0v) is 24.5. The summed E-state index contributed by atoms with van der Waals surface area (Å²) in [6, 6.07) is 13.4. The molecule has 3 aromatic rings. The lowest BCUT2D eigenvalue weighted by atomic mass is 9.90. The van der Waals surface area contributed by atoms with Crippen molar-refractivity contribution in [1.29, 1.82) is 0 Å². The molecule has 5 nitrogen and oxygen atoms in total. The number of aryl methyl sites for hydroxylation is 1. The number of rotatable bonds is 9. The zero-order valence-electron chi connectivity index (χ0n) is 22.2. The SMILES string of the molecule is O=C(NC1CCN(CCCCc2cccc3c2C(C(=O)NCC(F)(F)F)c2ccccc2-3)CC1)c1scc(Cl)c1Cl. The minimum Gasteiger partial charge on any atom is -0.348 e. The number of thiophene rings is 1. The summed E-state index contributed by atoms with van der Waals surface area (Å²) >= 11 is 13.3. The number of piperidine rings is 1. The molecule has 218 valence electrons. The van der Waals surface area contributed by atoms with Crippen LogP contribution in [0, 0.1) is 0 Å². The third kappa shape index (κ3) is 6.91. The lowest BCUT2D eigenvalue weighted by Gasteiger charge is -2.32. The lowest BCUT2D eigenvalue weighted by molar-refractivity contribution is -0.138. The number of benzene rings is 2. The zero-order chi connectivity index (χ0) is 29.1. The Balaban J connectivity index is 1.15. The summed E-state index contributed by atoms with van der Waals surface area (Å²) in [5.74, 6) is -1.57. The molecule has 1 aliphatic heterocycles. The van der Waals surface area contributed by atoms with Crippen LogP contribution < -0.4 is 10.6 Å². The first-order valence-electron chi connectivity index (χ1n) is 13.6. The monoisotopic (exact) mass is 623 g/mol. The number of carbonyl (C=O) groups is 2. The molecule has 2 aliphatic rings. The maximum atomic E-state index is 13.0. The van der Waals surface area contributed by atoms with Gasteiger partial charge in [0.15, 0.2) is 0 Å². The van der Waals surface area contributed by atoms with Crippen LogP contribution in [0.1, 0.15) is 58.0 Å². The summed E-state index contributed by atoms with van der Waals surface area (Å²) in [5.41, 5.74) is 4.38. The van der Waals surface area contributed by atoms with Crippen molar-refractivity contribution in [2.24, 2.45) is 0 Å². The Morgan fingerprint density at radius 2 is 1.73 bits per heavy atom. The number of likely N-dealkylation sites (tertiary alicyclic amines) is 1. The van der Waals surface area contributed by atoms with Gasteiger partial charge in [0, 0.05) is 24.5 Å². The van der Waals surface area contributed by atoms with Crippen LogP contribution in [0.5, 0.6) is 0 Å². The molecular formula is C30H30Cl2F3N3O2S. The van der Waals surface area contributed by atoms with Gasteiger partial charge in [-0.3, -0.25) is 9.59 Å². The third-order valence-electron chi connectivity index (χ3n) is 7.76. The maximum absolute atomic E-state index is 13.0. The van der Waals surface area contributed by atoms with Gasteiger partial charge < -0.3 is 15.5 Å². The first-order valence-corrected chi connectivity index (χ1v) is 15.3. The van der Waals surface area contributed by atoms with Crippen LogP contribution in [0.4, 0.5) is 13.2 Å². The van der Waals surface area contributed by atoms with Crippen LogP contribution in [0.25, 0.3) is 11.1 Å². The fraction of sp³-hybridized carbons (Fsp3) is 0.400. The Morgan fingerprint density at radius 3 is 2.44 bits per heavy atom. The van der Waals surface area contributed by atoms with Gasteiger partial charge in [-0.15, -0.1) is 11.3 Å². The van der Waals surface area contributed by atoms with E-state index in [2.05, 4.69) is 15.5 Å². The van der Waals surface area contributed by atoms with E-state index in [1.54, 1.807) is 5.38 Å². The number of fused-ring (bicyclic) bond motifs is 3. The number of carbonyl (C=O) groups excluding carboxylic acids is 2. The molecule has 1 fully saturated rings. The molecule has 5 rings (SSSR count). The Morgan fingerprint density at radius 1 is 1.00 bits per heavy atom. The maximum Gasteiger partial charge on any atom is 0.405 e. The minimum absolute atomic E-state index is 0.0876. The van der Waals surface area contributed by atoms with E-state index in [0.717, 1.165) is 79.6 Å². The first kappa shape index (κ1) is 29.9. The van der Waals surface area contributed by atoms with Crippen molar-refractivity contribution in [3.8, 4) is 11.1 Å². The molecule has 0 spiro atoms. The van der Waals surface area contributed by atoms with Crippen molar-refractivity contribution in [1.82, 2.24) is 15.5 Å². The lowest BCUT2D eigenvalue weighted by Crippen LogP contribution is -2.44. The van der Waals surface area contributed by atoms with Gasteiger partial charge in [-0.2, -0.15) is 13.2 Å². The molecule has 1 saturated heterocycles. The summed E-state index contributed by atoms with van der Waals surface area (Å²) < 4.78 is 38.5. The number of nitrogens with zero attached hydrogens (tertiary/aromatic N) is 1. The number of hydrogen-bond acceptors (Lipinski definition) is 4. The average molecular weight is 625 g/mol. The average Bonchev–Trinajstić information content (AvgIpc) is 3.47. The second-order valence-corrected chi connectivity index (χ2v) is 12.2. The number of unbranched alkanes of at least 4 members (excludes halogenated alkanes) is 1. The summed E-state index contributed by atoms with van der Waals surface area (Å²) in [6.45, 7) is 1.32. The molecule has 0 bridgehead atoms. The fourth-order valence-electron chi connectivity index (χ4n) is 5.80. The Labute approximate surface area is 251 Å². The molecule has 2 heterocycles. The van der Waals surface area contributed by atoms with Gasteiger partial charge in [0.2, 0.25) is 5.91 Å². The second kappa shape index (κ2) is 12.7. The fourth-order valence-corrected chi connectivity index (χ4v) is 7.14. The van der Waals surface area contributed by atoms with Crippen LogP contribution in [0.15, 0.2) is 47.8 Å². The Kier molecular flexibility index (Phi) is 9.28. The van der Waals surface area contributed by atoms with Gasteiger partial charge in [-0.1, -0.05) is 65.7 Å². The normalized spacial score (nSPS) is 17.2. The standard InChI is InChI=1S/C30H30Cl2F3N3O2S/c31-23-16-41-27(26(23)32)29(40)37-19-11-14-38(15-12-19)13-4-3-6-18-7-5-10-21-20-8-1-2-9-22(20)25(24(18)21)28(39)36-17-30(33,34)35/h1-2,5,7-10,16,19,25H,3-4,6,11-15,17H2,(H,36,39)(H,37,40). The largest absolute Gasteiger partial charge is 0.405 e.